The maximum Gasteiger partial charge on any atom is 0.229 e. The first kappa shape index (κ1) is 19.5. The Morgan fingerprint density at radius 2 is 1.50 bits per heavy atom. The average Bonchev–Trinajstić information content (AvgIpc) is 2.63. The van der Waals surface area contributed by atoms with Crippen LogP contribution in [0.15, 0.2) is 12.1 Å². The second kappa shape index (κ2) is 8.51. The molecule has 1 aromatic carbocycles. The highest BCUT2D eigenvalue weighted by Gasteiger charge is 2.14. The van der Waals surface area contributed by atoms with Gasteiger partial charge < -0.3 is 14.2 Å². The summed E-state index contributed by atoms with van der Waals surface area (Å²) < 4.78 is 16.0. The summed E-state index contributed by atoms with van der Waals surface area (Å²) in [4.78, 5) is 20.9. The Morgan fingerprint density at radius 3 is 1.96 bits per heavy atom. The van der Waals surface area contributed by atoms with Gasteiger partial charge in [0.05, 0.1) is 21.3 Å². The first-order chi connectivity index (χ1) is 12.4. The van der Waals surface area contributed by atoms with Crippen LogP contribution in [-0.2, 0) is 11.2 Å². The van der Waals surface area contributed by atoms with Crippen LogP contribution in [0.5, 0.6) is 17.2 Å². The third-order valence-corrected chi connectivity index (χ3v) is 4.25. The summed E-state index contributed by atoms with van der Waals surface area (Å²) in [5, 5.41) is 2.75. The zero-order valence-corrected chi connectivity index (χ0v) is 16.1. The van der Waals surface area contributed by atoms with E-state index in [0.717, 1.165) is 22.5 Å². The first-order valence-corrected chi connectivity index (χ1v) is 8.30. The molecule has 7 heteroatoms. The van der Waals surface area contributed by atoms with Crippen LogP contribution in [0.25, 0.3) is 0 Å². The molecule has 0 saturated carbocycles. The Morgan fingerprint density at radius 1 is 0.962 bits per heavy atom. The van der Waals surface area contributed by atoms with E-state index in [0.29, 0.717) is 29.6 Å². The van der Waals surface area contributed by atoms with Crippen molar-refractivity contribution in [2.24, 2.45) is 0 Å². The molecular formula is C19H25N3O4. The quantitative estimate of drug-likeness (QED) is 0.818. The molecule has 0 fully saturated rings. The minimum Gasteiger partial charge on any atom is -0.493 e. The van der Waals surface area contributed by atoms with Gasteiger partial charge in [-0.1, -0.05) is 0 Å². The fourth-order valence-electron chi connectivity index (χ4n) is 2.55. The van der Waals surface area contributed by atoms with Crippen LogP contribution in [0.3, 0.4) is 0 Å². The molecule has 2 rings (SSSR count). The molecule has 0 unspecified atom stereocenters. The minimum atomic E-state index is -0.151. The van der Waals surface area contributed by atoms with Crippen molar-refractivity contribution in [3.8, 4) is 17.2 Å². The summed E-state index contributed by atoms with van der Waals surface area (Å²) in [6, 6.07) is 3.68. The number of hydrogen-bond acceptors (Lipinski definition) is 6. The van der Waals surface area contributed by atoms with E-state index in [9.17, 15) is 4.79 Å². The Bertz CT molecular complexity index is 757. The summed E-state index contributed by atoms with van der Waals surface area (Å²) in [5.74, 6) is 1.84. The van der Waals surface area contributed by atoms with Crippen LogP contribution < -0.4 is 19.5 Å². The van der Waals surface area contributed by atoms with E-state index in [1.54, 1.807) is 21.3 Å². The van der Waals surface area contributed by atoms with Crippen molar-refractivity contribution in [3.63, 3.8) is 0 Å². The van der Waals surface area contributed by atoms with Gasteiger partial charge in [0.2, 0.25) is 17.6 Å². The molecule has 1 heterocycles. The predicted octanol–water partition coefficient (Wildman–Crippen LogP) is 3.00. The van der Waals surface area contributed by atoms with Crippen molar-refractivity contribution in [1.29, 1.82) is 0 Å². The molecule has 2 aromatic rings. The van der Waals surface area contributed by atoms with E-state index in [2.05, 4.69) is 15.3 Å². The summed E-state index contributed by atoms with van der Waals surface area (Å²) in [6.45, 7) is 5.76. The third kappa shape index (κ3) is 4.41. The normalized spacial score (nSPS) is 10.4. The van der Waals surface area contributed by atoms with Gasteiger partial charge in [-0.2, -0.15) is 0 Å². The highest BCUT2D eigenvalue weighted by atomic mass is 16.5. The van der Waals surface area contributed by atoms with Gasteiger partial charge in [-0.25, -0.2) is 9.97 Å². The summed E-state index contributed by atoms with van der Waals surface area (Å²) >= 11 is 0. The zero-order valence-electron chi connectivity index (χ0n) is 16.1. The molecule has 140 valence electrons. The smallest absolute Gasteiger partial charge is 0.229 e. The Kier molecular flexibility index (Phi) is 6.38. The van der Waals surface area contributed by atoms with Crippen molar-refractivity contribution in [2.75, 3.05) is 26.6 Å². The van der Waals surface area contributed by atoms with Crippen molar-refractivity contribution in [2.45, 2.75) is 33.6 Å². The highest BCUT2D eigenvalue weighted by Crippen LogP contribution is 2.38. The number of hydrogen-bond donors (Lipinski definition) is 1. The number of aryl methyl sites for hydroxylation is 3. The maximum absolute atomic E-state index is 12.2. The minimum absolute atomic E-state index is 0.151. The maximum atomic E-state index is 12.2. The standard InChI is InChI=1S/C19H25N3O4/c1-11-12(2)20-19(21-13(11)3)22-17(23)8-7-14-9-15(24-4)18(26-6)16(10-14)25-5/h9-10H,7-8H2,1-6H3,(H,20,21,22,23). The number of nitrogens with one attached hydrogen (secondary N) is 1. The second-order valence-electron chi connectivity index (χ2n) is 5.92. The molecule has 0 atom stereocenters. The van der Waals surface area contributed by atoms with Crippen LogP contribution in [0.2, 0.25) is 0 Å². The van der Waals surface area contributed by atoms with Gasteiger partial charge >= 0.3 is 0 Å². The van der Waals surface area contributed by atoms with Gasteiger partial charge in [-0.15, -0.1) is 0 Å². The van der Waals surface area contributed by atoms with Gasteiger partial charge in [0, 0.05) is 17.8 Å². The van der Waals surface area contributed by atoms with Gasteiger partial charge in [-0.3, -0.25) is 10.1 Å². The molecule has 0 radical (unpaired) electrons. The number of anilines is 1. The number of rotatable bonds is 7. The first-order valence-electron chi connectivity index (χ1n) is 8.30. The van der Waals surface area contributed by atoms with E-state index in [1.807, 2.05) is 32.9 Å². The van der Waals surface area contributed by atoms with Crippen molar-refractivity contribution < 1.29 is 19.0 Å². The lowest BCUT2D eigenvalue weighted by Crippen LogP contribution is -2.16. The number of carbonyl (C=O) groups is 1. The number of benzene rings is 1. The fraction of sp³-hybridized carbons (Fsp3) is 0.421. The van der Waals surface area contributed by atoms with E-state index in [1.165, 1.54) is 0 Å². The highest BCUT2D eigenvalue weighted by molar-refractivity contribution is 5.89. The van der Waals surface area contributed by atoms with E-state index in [4.69, 9.17) is 14.2 Å². The number of amides is 1. The zero-order chi connectivity index (χ0) is 19.3. The van der Waals surface area contributed by atoms with Crippen molar-refractivity contribution >= 4 is 11.9 Å². The molecular weight excluding hydrogens is 334 g/mol. The Balaban J connectivity index is 2.07. The van der Waals surface area contributed by atoms with E-state index >= 15 is 0 Å². The summed E-state index contributed by atoms with van der Waals surface area (Å²) in [5.41, 5.74) is 3.65. The Labute approximate surface area is 153 Å². The predicted molar refractivity (Wildman–Crippen MR) is 99.3 cm³/mol. The molecule has 0 aliphatic rings. The lowest BCUT2D eigenvalue weighted by atomic mass is 10.1. The van der Waals surface area contributed by atoms with Gasteiger partial charge in [-0.05, 0) is 50.5 Å². The third-order valence-electron chi connectivity index (χ3n) is 4.25. The van der Waals surface area contributed by atoms with Crippen LogP contribution in [0, 0.1) is 20.8 Å². The molecule has 1 N–H and O–H groups in total. The molecule has 26 heavy (non-hydrogen) atoms. The lowest BCUT2D eigenvalue weighted by Gasteiger charge is -2.14. The largest absolute Gasteiger partial charge is 0.493 e. The average molecular weight is 359 g/mol. The van der Waals surface area contributed by atoms with E-state index in [-0.39, 0.29) is 12.3 Å². The Hall–Kier alpha value is -2.83. The molecule has 0 saturated heterocycles. The number of aromatic nitrogens is 2. The van der Waals surface area contributed by atoms with Gasteiger partial charge in [0.1, 0.15) is 0 Å². The van der Waals surface area contributed by atoms with Crippen molar-refractivity contribution in [3.05, 3.63) is 34.6 Å². The monoisotopic (exact) mass is 359 g/mol. The number of methoxy groups -OCH3 is 3. The number of carbonyl (C=O) groups excluding carboxylic acids is 1. The lowest BCUT2D eigenvalue weighted by molar-refractivity contribution is -0.116. The molecule has 0 aliphatic carbocycles. The number of ether oxygens (including phenoxy) is 3. The van der Waals surface area contributed by atoms with Crippen LogP contribution in [0.4, 0.5) is 5.95 Å². The van der Waals surface area contributed by atoms with Gasteiger partial charge in [0.15, 0.2) is 11.5 Å². The SMILES string of the molecule is COc1cc(CCC(=O)Nc2nc(C)c(C)c(C)n2)cc(OC)c1OC. The van der Waals surface area contributed by atoms with Crippen LogP contribution in [-0.4, -0.2) is 37.2 Å². The van der Waals surface area contributed by atoms with Crippen LogP contribution >= 0.6 is 0 Å². The van der Waals surface area contributed by atoms with Crippen molar-refractivity contribution in [1.82, 2.24) is 9.97 Å². The van der Waals surface area contributed by atoms with Crippen LogP contribution in [0.1, 0.15) is 28.9 Å². The molecule has 1 amide bonds. The summed E-state index contributed by atoms with van der Waals surface area (Å²) in [6.07, 6.45) is 0.806. The number of nitrogens with zero attached hydrogens (tertiary/aromatic N) is 2. The molecule has 0 aliphatic heterocycles. The molecule has 0 spiro atoms. The van der Waals surface area contributed by atoms with Gasteiger partial charge in [0.25, 0.3) is 0 Å². The molecule has 7 nitrogen and oxygen atoms in total. The van der Waals surface area contributed by atoms with E-state index < -0.39 is 0 Å². The second-order valence-corrected chi connectivity index (χ2v) is 5.92. The summed E-state index contributed by atoms with van der Waals surface area (Å²) in [7, 11) is 4.68. The molecule has 0 bridgehead atoms. The molecule has 1 aromatic heterocycles. The fourth-order valence-corrected chi connectivity index (χ4v) is 2.55. The topological polar surface area (TPSA) is 82.6 Å².